The van der Waals surface area contributed by atoms with Gasteiger partial charge in [-0.3, -0.25) is 9.59 Å². The second-order valence-electron chi connectivity index (χ2n) is 5.11. The van der Waals surface area contributed by atoms with E-state index in [4.69, 9.17) is 27.9 Å². The Balaban J connectivity index is 1.64. The molecule has 0 radical (unpaired) electrons. The Kier molecular flexibility index (Phi) is 8.12. The van der Waals surface area contributed by atoms with Gasteiger partial charge in [0.15, 0.2) is 6.61 Å². The molecule has 0 bridgehead atoms. The molecule has 132 valence electrons. The molecule has 2 aromatic carbocycles. The normalized spacial score (nSPS) is 10.3. The number of esters is 1. The first-order valence-electron chi connectivity index (χ1n) is 7.58. The van der Waals surface area contributed by atoms with Gasteiger partial charge in [-0.1, -0.05) is 53.5 Å². The van der Waals surface area contributed by atoms with E-state index in [1.165, 1.54) is 11.8 Å². The third kappa shape index (κ3) is 7.38. The molecule has 0 aliphatic heterocycles. The van der Waals surface area contributed by atoms with E-state index in [0.29, 0.717) is 21.5 Å². The predicted molar refractivity (Wildman–Crippen MR) is 101 cm³/mol. The van der Waals surface area contributed by atoms with E-state index in [-0.39, 0.29) is 18.3 Å². The second kappa shape index (κ2) is 10.3. The predicted octanol–water partition coefficient (Wildman–Crippen LogP) is 3.99. The lowest BCUT2D eigenvalue weighted by molar-refractivity contribution is -0.145. The molecule has 0 spiro atoms. The average Bonchev–Trinajstić information content (AvgIpc) is 2.61. The lowest BCUT2D eigenvalue weighted by Crippen LogP contribution is -2.30. The van der Waals surface area contributed by atoms with Crippen LogP contribution in [0.2, 0.25) is 10.0 Å². The summed E-state index contributed by atoms with van der Waals surface area (Å²) in [5.41, 5.74) is 1.13. The fraction of sp³-hybridized carbons (Fsp3) is 0.222. The van der Waals surface area contributed by atoms with Gasteiger partial charge in [0, 0.05) is 16.5 Å². The van der Waals surface area contributed by atoms with E-state index in [1.807, 2.05) is 30.3 Å². The van der Waals surface area contributed by atoms with Gasteiger partial charge in [-0.15, -0.1) is 11.8 Å². The Morgan fingerprint density at radius 1 is 1.08 bits per heavy atom. The van der Waals surface area contributed by atoms with Gasteiger partial charge in [0.1, 0.15) is 0 Å². The van der Waals surface area contributed by atoms with Crippen LogP contribution in [0.15, 0.2) is 53.4 Å². The van der Waals surface area contributed by atoms with Gasteiger partial charge in [-0.05, 0) is 30.2 Å². The molecule has 0 saturated heterocycles. The first-order valence-corrected chi connectivity index (χ1v) is 9.33. The highest BCUT2D eigenvalue weighted by molar-refractivity contribution is 8.00. The van der Waals surface area contributed by atoms with Gasteiger partial charge in [-0.25, -0.2) is 0 Å². The highest BCUT2D eigenvalue weighted by atomic mass is 35.5. The summed E-state index contributed by atoms with van der Waals surface area (Å²) < 4.78 is 4.95. The number of carbonyl (C=O) groups excluding carboxylic acids is 2. The zero-order chi connectivity index (χ0) is 18.1. The van der Waals surface area contributed by atoms with E-state index < -0.39 is 5.97 Å². The number of carbonyl (C=O) groups is 2. The molecule has 1 N–H and O–H groups in total. The summed E-state index contributed by atoms with van der Waals surface area (Å²) in [7, 11) is 0. The summed E-state index contributed by atoms with van der Waals surface area (Å²) in [6, 6.07) is 14.8. The Bertz CT molecular complexity index is 726. The summed E-state index contributed by atoms with van der Waals surface area (Å²) in [5, 5.41) is 3.77. The Morgan fingerprint density at radius 3 is 2.60 bits per heavy atom. The van der Waals surface area contributed by atoms with Crippen LogP contribution in [0.1, 0.15) is 5.56 Å². The number of amides is 1. The number of benzene rings is 2. The van der Waals surface area contributed by atoms with Crippen molar-refractivity contribution in [3.8, 4) is 0 Å². The highest BCUT2D eigenvalue weighted by Crippen LogP contribution is 2.29. The number of hydrogen-bond donors (Lipinski definition) is 1. The van der Waals surface area contributed by atoms with Crippen LogP contribution in [0.3, 0.4) is 0 Å². The fourth-order valence-electron chi connectivity index (χ4n) is 1.95. The summed E-state index contributed by atoms with van der Waals surface area (Å²) in [6.45, 7) is 0.199. The van der Waals surface area contributed by atoms with E-state index in [0.717, 1.165) is 12.0 Å². The number of rotatable bonds is 8. The summed E-state index contributed by atoms with van der Waals surface area (Å²) >= 11 is 13.1. The minimum Gasteiger partial charge on any atom is -0.455 e. The van der Waals surface area contributed by atoms with Gasteiger partial charge in [0.05, 0.1) is 10.8 Å². The molecule has 0 fully saturated rings. The maximum absolute atomic E-state index is 11.7. The molecular formula is C18H17Cl2NO3S. The highest BCUT2D eigenvalue weighted by Gasteiger charge is 2.10. The maximum Gasteiger partial charge on any atom is 0.316 e. The van der Waals surface area contributed by atoms with E-state index in [9.17, 15) is 9.59 Å². The van der Waals surface area contributed by atoms with E-state index in [2.05, 4.69) is 5.32 Å². The van der Waals surface area contributed by atoms with Crippen LogP contribution in [0.5, 0.6) is 0 Å². The first-order chi connectivity index (χ1) is 12.0. The van der Waals surface area contributed by atoms with Crippen molar-refractivity contribution in [2.24, 2.45) is 0 Å². The van der Waals surface area contributed by atoms with Crippen molar-refractivity contribution in [1.29, 1.82) is 0 Å². The molecule has 4 nitrogen and oxygen atoms in total. The maximum atomic E-state index is 11.7. The van der Waals surface area contributed by atoms with Gasteiger partial charge < -0.3 is 10.1 Å². The zero-order valence-corrected chi connectivity index (χ0v) is 15.7. The van der Waals surface area contributed by atoms with E-state index >= 15 is 0 Å². The van der Waals surface area contributed by atoms with Crippen molar-refractivity contribution in [3.05, 3.63) is 64.1 Å². The van der Waals surface area contributed by atoms with Crippen molar-refractivity contribution >= 4 is 46.8 Å². The molecule has 0 heterocycles. The summed E-state index contributed by atoms with van der Waals surface area (Å²) in [6.07, 6.45) is 0.726. The summed E-state index contributed by atoms with van der Waals surface area (Å²) in [5.74, 6) is -0.758. The third-order valence-electron chi connectivity index (χ3n) is 3.18. The zero-order valence-electron chi connectivity index (χ0n) is 13.3. The lowest BCUT2D eigenvalue weighted by atomic mass is 10.1. The Labute approximate surface area is 160 Å². The Hall–Kier alpha value is -1.69. The SMILES string of the molecule is O=C(COC(=O)CSc1cc(Cl)ccc1Cl)NCCc1ccccc1. The lowest BCUT2D eigenvalue weighted by Gasteiger charge is -2.07. The van der Waals surface area contributed by atoms with Gasteiger partial charge in [-0.2, -0.15) is 0 Å². The molecule has 0 atom stereocenters. The molecule has 0 saturated carbocycles. The third-order valence-corrected chi connectivity index (χ3v) is 4.89. The fourth-order valence-corrected chi connectivity index (χ4v) is 3.25. The summed E-state index contributed by atoms with van der Waals surface area (Å²) in [4.78, 5) is 24.1. The molecule has 7 heteroatoms. The van der Waals surface area contributed by atoms with Crippen LogP contribution < -0.4 is 5.32 Å². The van der Waals surface area contributed by atoms with Crippen LogP contribution in [0.25, 0.3) is 0 Å². The molecule has 2 aromatic rings. The molecule has 25 heavy (non-hydrogen) atoms. The van der Waals surface area contributed by atoms with Crippen LogP contribution in [0.4, 0.5) is 0 Å². The molecule has 0 aromatic heterocycles. The molecular weight excluding hydrogens is 381 g/mol. The van der Waals surface area contributed by atoms with Gasteiger partial charge in [0.2, 0.25) is 0 Å². The average molecular weight is 398 g/mol. The topological polar surface area (TPSA) is 55.4 Å². The van der Waals surface area contributed by atoms with Crippen molar-refractivity contribution in [2.75, 3.05) is 18.9 Å². The Morgan fingerprint density at radius 2 is 1.84 bits per heavy atom. The van der Waals surface area contributed by atoms with Crippen molar-refractivity contribution in [2.45, 2.75) is 11.3 Å². The van der Waals surface area contributed by atoms with Crippen molar-refractivity contribution in [1.82, 2.24) is 5.32 Å². The second-order valence-corrected chi connectivity index (χ2v) is 6.97. The van der Waals surface area contributed by atoms with Crippen LogP contribution in [0, 0.1) is 0 Å². The standard InChI is InChI=1S/C18H17Cl2NO3S/c19-14-6-7-15(20)16(10-14)25-12-18(23)24-11-17(22)21-9-8-13-4-2-1-3-5-13/h1-7,10H,8-9,11-12H2,(H,21,22). The van der Waals surface area contributed by atoms with Gasteiger partial charge >= 0.3 is 5.97 Å². The quantitative estimate of drug-likeness (QED) is 0.540. The number of thioether (sulfide) groups is 1. The van der Waals surface area contributed by atoms with Gasteiger partial charge in [0.25, 0.3) is 5.91 Å². The van der Waals surface area contributed by atoms with Crippen LogP contribution in [-0.2, 0) is 20.7 Å². The minimum atomic E-state index is -0.487. The molecule has 0 aliphatic rings. The van der Waals surface area contributed by atoms with Crippen molar-refractivity contribution in [3.63, 3.8) is 0 Å². The monoisotopic (exact) mass is 397 g/mol. The van der Waals surface area contributed by atoms with Crippen molar-refractivity contribution < 1.29 is 14.3 Å². The molecule has 2 rings (SSSR count). The van der Waals surface area contributed by atoms with E-state index in [1.54, 1.807) is 18.2 Å². The molecule has 0 aliphatic carbocycles. The van der Waals surface area contributed by atoms with Crippen LogP contribution in [-0.4, -0.2) is 30.8 Å². The van der Waals surface area contributed by atoms with Crippen LogP contribution >= 0.6 is 35.0 Å². The first kappa shape index (κ1) is 19.6. The largest absolute Gasteiger partial charge is 0.455 e. The molecule has 0 unspecified atom stereocenters. The number of hydrogen-bond acceptors (Lipinski definition) is 4. The smallest absolute Gasteiger partial charge is 0.316 e. The minimum absolute atomic E-state index is 0.0529. The number of halogens is 2. The number of ether oxygens (including phenoxy) is 1. The molecule has 1 amide bonds. The number of nitrogens with one attached hydrogen (secondary N) is 1.